The highest BCUT2D eigenvalue weighted by Gasteiger charge is 2.20. The molecule has 0 bridgehead atoms. The Labute approximate surface area is 128 Å². The number of fused-ring (bicyclic) bond motifs is 1. The maximum atomic E-state index is 6.10. The molecule has 0 spiro atoms. The predicted octanol–water partition coefficient (Wildman–Crippen LogP) is 3.11. The van der Waals surface area contributed by atoms with Crippen LogP contribution < -0.4 is 5.73 Å². The molecule has 1 saturated heterocycles. The zero-order valence-electron chi connectivity index (χ0n) is 11.8. The molecule has 0 amide bonds. The molecule has 20 heavy (non-hydrogen) atoms. The van der Waals surface area contributed by atoms with Crippen LogP contribution in [-0.4, -0.2) is 34.1 Å². The number of anilines is 1. The Balaban J connectivity index is 1.80. The van der Waals surface area contributed by atoms with Gasteiger partial charge in [0.15, 0.2) is 0 Å². The van der Waals surface area contributed by atoms with Crippen molar-refractivity contribution in [3.05, 3.63) is 22.7 Å². The molecule has 0 saturated carbocycles. The summed E-state index contributed by atoms with van der Waals surface area (Å²) in [6, 6.07) is 6.14. The highest BCUT2D eigenvalue weighted by molar-refractivity contribution is 9.10. The van der Waals surface area contributed by atoms with Gasteiger partial charge in [-0.2, -0.15) is 0 Å². The molecule has 1 aromatic heterocycles. The fraction of sp³-hybridized carbons (Fsp3) is 0.533. The minimum atomic E-state index is 0.635. The third-order valence-electron chi connectivity index (χ3n) is 4.33. The van der Waals surface area contributed by atoms with Crippen molar-refractivity contribution in [3.8, 4) is 0 Å². The van der Waals surface area contributed by atoms with Crippen molar-refractivity contribution in [2.24, 2.45) is 5.92 Å². The minimum Gasteiger partial charge on any atom is -0.369 e. The third kappa shape index (κ3) is 2.69. The summed E-state index contributed by atoms with van der Waals surface area (Å²) in [5.74, 6) is 1.34. The summed E-state index contributed by atoms with van der Waals surface area (Å²) in [5.41, 5.74) is 8.22. The molecule has 1 aromatic carbocycles. The second-order valence-electron chi connectivity index (χ2n) is 5.59. The Hall–Kier alpha value is -1.07. The highest BCUT2D eigenvalue weighted by Crippen LogP contribution is 2.26. The van der Waals surface area contributed by atoms with Crippen LogP contribution in [0.5, 0.6) is 0 Å². The van der Waals surface area contributed by atoms with Gasteiger partial charge in [0.25, 0.3) is 0 Å². The van der Waals surface area contributed by atoms with Gasteiger partial charge in [0.2, 0.25) is 5.95 Å². The maximum absolute atomic E-state index is 6.10. The van der Waals surface area contributed by atoms with Crippen molar-refractivity contribution >= 4 is 32.9 Å². The number of benzene rings is 1. The zero-order valence-corrected chi connectivity index (χ0v) is 13.4. The lowest BCUT2D eigenvalue weighted by Gasteiger charge is -2.31. The van der Waals surface area contributed by atoms with Crippen molar-refractivity contribution in [3.63, 3.8) is 0 Å². The maximum Gasteiger partial charge on any atom is 0.201 e. The van der Waals surface area contributed by atoms with Gasteiger partial charge in [-0.15, -0.1) is 0 Å². The first kappa shape index (κ1) is 13.9. The van der Waals surface area contributed by atoms with E-state index in [0.717, 1.165) is 28.6 Å². The van der Waals surface area contributed by atoms with Gasteiger partial charge in [-0.3, -0.25) is 0 Å². The number of hydrogen-bond acceptors (Lipinski definition) is 3. The lowest BCUT2D eigenvalue weighted by molar-refractivity contribution is 0.182. The van der Waals surface area contributed by atoms with Crippen molar-refractivity contribution in [1.29, 1.82) is 0 Å². The van der Waals surface area contributed by atoms with Gasteiger partial charge in [-0.25, -0.2) is 4.98 Å². The number of imidazole rings is 1. The largest absolute Gasteiger partial charge is 0.369 e. The normalized spacial score (nSPS) is 17.9. The number of nitrogens with two attached hydrogens (primary N) is 1. The van der Waals surface area contributed by atoms with E-state index in [-0.39, 0.29) is 0 Å². The van der Waals surface area contributed by atoms with Gasteiger partial charge in [0.1, 0.15) is 0 Å². The summed E-state index contributed by atoms with van der Waals surface area (Å²) in [6.45, 7) is 6.79. The van der Waals surface area contributed by atoms with Crippen molar-refractivity contribution in [2.75, 3.05) is 25.4 Å². The first-order valence-corrected chi connectivity index (χ1v) is 8.10. The smallest absolute Gasteiger partial charge is 0.201 e. The first-order chi connectivity index (χ1) is 9.67. The third-order valence-corrected chi connectivity index (χ3v) is 4.83. The van der Waals surface area contributed by atoms with E-state index in [4.69, 9.17) is 5.73 Å². The van der Waals surface area contributed by atoms with E-state index in [1.165, 1.54) is 25.9 Å². The predicted molar refractivity (Wildman–Crippen MR) is 86.7 cm³/mol. The van der Waals surface area contributed by atoms with Gasteiger partial charge < -0.3 is 15.2 Å². The van der Waals surface area contributed by atoms with Gasteiger partial charge in [-0.05, 0) is 56.6 Å². The summed E-state index contributed by atoms with van der Waals surface area (Å²) in [5, 5.41) is 0. The SMILES string of the molecule is CCN1CCC(Cn2c(N)nc3ccc(Br)cc32)CC1. The second-order valence-corrected chi connectivity index (χ2v) is 6.51. The molecule has 0 atom stereocenters. The summed E-state index contributed by atoms with van der Waals surface area (Å²) in [4.78, 5) is 6.98. The van der Waals surface area contributed by atoms with Crippen LogP contribution in [0.2, 0.25) is 0 Å². The van der Waals surface area contributed by atoms with E-state index >= 15 is 0 Å². The molecule has 1 fully saturated rings. The van der Waals surface area contributed by atoms with E-state index in [0.29, 0.717) is 11.9 Å². The average molecular weight is 337 g/mol. The van der Waals surface area contributed by atoms with Crippen LogP contribution in [0.1, 0.15) is 19.8 Å². The quantitative estimate of drug-likeness (QED) is 0.936. The van der Waals surface area contributed by atoms with Gasteiger partial charge >= 0.3 is 0 Å². The van der Waals surface area contributed by atoms with E-state index in [1.807, 2.05) is 12.1 Å². The monoisotopic (exact) mass is 336 g/mol. The Morgan fingerprint density at radius 1 is 1.35 bits per heavy atom. The fourth-order valence-electron chi connectivity index (χ4n) is 3.05. The molecule has 0 aliphatic carbocycles. The van der Waals surface area contributed by atoms with Gasteiger partial charge in [-0.1, -0.05) is 22.9 Å². The van der Waals surface area contributed by atoms with Crippen molar-refractivity contribution in [1.82, 2.24) is 14.5 Å². The van der Waals surface area contributed by atoms with E-state index in [2.05, 4.69) is 43.4 Å². The molecule has 2 N–H and O–H groups in total. The lowest BCUT2D eigenvalue weighted by Crippen LogP contribution is -2.34. The first-order valence-electron chi connectivity index (χ1n) is 7.31. The zero-order chi connectivity index (χ0) is 14.1. The Morgan fingerprint density at radius 3 is 2.80 bits per heavy atom. The molecule has 4 nitrogen and oxygen atoms in total. The molecule has 0 radical (unpaired) electrons. The van der Waals surface area contributed by atoms with Crippen molar-refractivity contribution < 1.29 is 0 Å². The Morgan fingerprint density at radius 2 is 2.10 bits per heavy atom. The second kappa shape index (κ2) is 5.74. The summed E-state index contributed by atoms with van der Waals surface area (Å²) in [6.07, 6.45) is 2.50. The standard InChI is InChI=1S/C15H21BrN4/c1-2-19-7-5-11(6-8-19)10-20-14-9-12(16)3-4-13(14)18-15(20)17/h3-4,9,11H,2,5-8,10H2,1H3,(H2,17,18). The molecule has 3 rings (SSSR count). The molecule has 5 heteroatoms. The molecule has 2 heterocycles. The van der Waals surface area contributed by atoms with Crippen LogP contribution in [-0.2, 0) is 6.54 Å². The molecular weight excluding hydrogens is 316 g/mol. The summed E-state index contributed by atoms with van der Waals surface area (Å²) < 4.78 is 3.25. The van der Waals surface area contributed by atoms with E-state index in [9.17, 15) is 0 Å². The molecular formula is C15H21BrN4. The van der Waals surface area contributed by atoms with Gasteiger partial charge in [0, 0.05) is 11.0 Å². The van der Waals surface area contributed by atoms with Crippen LogP contribution in [0.15, 0.2) is 22.7 Å². The fourth-order valence-corrected chi connectivity index (χ4v) is 3.40. The van der Waals surface area contributed by atoms with Crippen LogP contribution in [0, 0.1) is 5.92 Å². The molecule has 1 aliphatic heterocycles. The number of nitrogens with zero attached hydrogens (tertiary/aromatic N) is 3. The Kier molecular flexibility index (Phi) is 3.98. The number of rotatable bonds is 3. The van der Waals surface area contributed by atoms with Gasteiger partial charge in [0.05, 0.1) is 11.0 Å². The highest BCUT2D eigenvalue weighted by atomic mass is 79.9. The number of aromatic nitrogens is 2. The number of nitrogen functional groups attached to an aromatic ring is 1. The van der Waals surface area contributed by atoms with Crippen LogP contribution >= 0.6 is 15.9 Å². The van der Waals surface area contributed by atoms with Crippen LogP contribution in [0.4, 0.5) is 5.95 Å². The van der Waals surface area contributed by atoms with Crippen LogP contribution in [0.25, 0.3) is 11.0 Å². The van der Waals surface area contributed by atoms with Crippen molar-refractivity contribution in [2.45, 2.75) is 26.3 Å². The number of likely N-dealkylation sites (tertiary alicyclic amines) is 1. The minimum absolute atomic E-state index is 0.635. The number of halogens is 1. The van der Waals surface area contributed by atoms with E-state index < -0.39 is 0 Å². The van der Waals surface area contributed by atoms with Crippen LogP contribution in [0.3, 0.4) is 0 Å². The topological polar surface area (TPSA) is 47.1 Å². The summed E-state index contributed by atoms with van der Waals surface area (Å²) >= 11 is 3.53. The molecule has 1 aliphatic rings. The average Bonchev–Trinajstić information content (AvgIpc) is 2.76. The molecule has 0 unspecified atom stereocenters. The molecule has 108 valence electrons. The lowest BCUT2D eigenvalue weighted by atomic mass is 9.96. The molecule has 2 aromatic rings. The number of hydrogen-bond donors (Lipinski definition) is 1. The van der Waals surface area contributed by atoms with E-state index in [1.54, 1.807) is 0 Å². The Bertz CT molecular complexity index is 599. The summed E-state index contributed by atoms with van der Waals surface area (Å²) in [7, 11) is 0. The number of piperidine rings is 1.